The maximum Gasteiger partial charge on any atom is 0.410 e. The summed E-state index contributed by atoms with van der Waals surface area (Å²) in [5.74, 6) is 0.591. The van der Waals surface area contributed by atoms with E-state index in [0.717, 1.165) is 18.4 Å². The van der Waals surface area contributed by atoms with Gasteiger partial charge in [-0.2, -0.15) is 0 Å². The average molecular weight is 457 g/mol. The van der Waals surface area contributed by atoms with Gasteiger partial charge in [0, 0.05) is 30.9 Å². The van der Waals surface area contributed by atoms with Crippen molar-refractivity contribution in [1.29, 1.82) is 0 Å². The van der Waals surface area contributed by atoms with Crippen LogP contribution in [-0.2, 0) is 4.74 Å². The highest BCUT2D eigenvalue weighted by Crippen LogP contribution is 2.26. The molecular weight excluding hydrogens is 424 g/mol. The fourth-order valence-electron chi connectivity index (χ4n) is 3.60. The lowest BCUT2D eigenvalue weighted by Gasteiger charge is -2.34. The molecule has 1 fully saturated rings. The molecule has 3 rings (SSSR count). The van der Waals surface area contributed by atoms with E-state index < -0.39 is 11.5 Å². The summed E-state index contributed by atoms with van der Waals surface area (Å²) >= 11 is 0. The molecular formula is C23H32N6O4. The van der Waals surface area contributed by atoms with Crippen LogP contribution in [0, 0.1) is 6.92 Å². The molecule has 0 bridgehead atoms. The van der Waals surface area contributed by atoms with Crippen molar-refractivity contribution in [2.45, 2.75) is 52.2 Å². The Morgan fingerprint density at radius 3 is 2.70 bits per heavy atom. The monoisotopic (exact) mass is 456 g/mol. The van der Waals surface area contributed by atoms with Gasteiger partial charge >= 0.3 is 6.09 Å². The molecule has 1 aliphatic rings. The average Bonchev–Trinajstić information content (AvgIpc) is 2.74. The van der Waals surface area contributed by atoms with Gasteiger partial charge in [0.15, 0.2) is 0 Å². The van der Waals surface area contributed by atoms with Crippen molar-refractivity contribution in [3.05, 3.63) is 35.7 Å². The molecule has 10 nitrogen and oxygen atoms in total. The third-order valence-electron chi connectivity index (χ3n) is 5.18. The van der Waals surface area contributed by atoms with E-state index in [0.29, 0.717) is 30.3 Å². The number of likely N-dealkylation sites (tertiary alicyclic amines) is 1. The molecule has 4 N–H and O–H groups in total. The highest BCUT2D eigenvalue weighted by atomic mass is 16.6. The molecule has 1 aromatic heterocycles. The van der Waals surface area contributed by atoms with Gasteiger partial charge in [0.2, 0.25) is 0 Å². The van der Waals surface area contributed by atoms with Crippen molar-refractivity contribution in [2.24, 2.45) is 0 Å². The normalized spacial score (nSPS) is 16.2. The van der Waals surface area contributed by atoms with Gasteiger partial charge < -0.3 is 30.7 Å². The van der Waals surface area contributed by atoms with Crippen LogP contribution < -0.4 is 21.1 Å². The smallest absolute Gasteiger partial charge is 0.410 e. The molecule has 0 saturated carbocycles. The largest absolute Gasteiger partial charge is 0.496 e. The van der Waals surface area contributed by atoms with Gasteiger partial charge in [0.05, 0.1) is 7.11 Å². The number of methoxy groups -OCH3 is 1. The summed E-state index contributed by atoms with van der Waals surface area (Å²) in [7, 11) is 1.57. The lowest BCUT2D eigenvalue weighted by Crippen LogP contribution is -2.47. The van der Waals surface area contributed by atoms with Crippen molar-refractivity contribution in [3.8, 4) is 5.75 Å². The van der Waals surface area contributed by atoms with Gasteiger partial charge in [-0.05, 0) is 52.2 Å². The number of aromatic nitrogens is 2. The van der Waals surface area contributed by atoms with Crippen LogP contribution in [0.5, 0.6) is 5.75 Å². The van der Waals surface area contributed by atoms with Crippen molar-refractivity contribution in [2.75, 3.05) is 36.6 Å². The lowest BCUT2D eigenvalue weighted by molar-refractivity contribution is 0.0206. The minimum atomic E-state index is -0.567. The number of hydrogen-bond donors (Lipinski definition) is 3. The van der Waals surface area contributed by atoms with Crippen LogP contribution in [0.1, 0.15) is 49.5 Å². The molecule has 0 unspecified atom stereocenters. The number of ether oxygens (including phenoxy) is 2. The molecule has 2 amide bonds. The molecule has 10 heteroatoms. The molecule has 2 heterocycles. The molecule has 0 spiro atoms. The summed E-state index contributed by atoms with van der Waals surface area (Å²) in [5.41, 5.74) is 7.13. The standard InChI is InChI=1S/C23H32N6O4/c1-14-8-9-15(11-17(14)32-5)28-21(30)18-19(24)25-13-26-20(18)27-16-7-6-10-29(12-16)22(31)33-23(2,3)4/h8-9,11,13,16H,6-7,10,12H2,1-5H3,(H,28,30)(H3,24,25,26,27)/t16-/m1/s1. The first-order valence-electron chi connectivity index (χ1n) is 10.9. The maximum atomic E-state index is 13.1. The number of hydrogen-bond acceptors (Lipinski definition) is 8. The molecule has 2 aromatic rings. The molecule has 0 radical (unpaired) electrons. The van der Waals surface area contributed by atoms with Crippen molar-refractivity contribution in [3.63, 3.8) is 0 Å². The zero-order chi connectivity index (χ0) is 24.2. The fraction of sp³-hybridized carbons (Fsp3) is 0.478. The second-order valence-electron chi connectivity index (χ2n) is 9.03. The van der Waals surface area contributed by atoms with Crippen molar-refractivity contribution < 1.29 is 19.1 Å². The summed E-state index contributed by atoms with van der Waals surface area (Å²) in [6, 6.07) is 5.25. The van der Waals surface area contributed by atoms with E-state index in [1.54, 1.807) is 24.1 Å². The number of nitrogens with zero attached hydrogens (tertiary/aromatic N) is 3. The highest BCUT2D eigenvalue weighted by molar-refractivity contribution is 6.10. The third-order valence-corrected chi connectivity index (χ3v) is 5.18. The van der Waals surface area contributed by atoms with E-state index in [-0.39, 0.29) is 23.5 Å². The number of rotatable bonds is 5. The summed E-state index contributed by atoms with van der Waals surface area (Å²) in [4.78, 5) is 35.4. The number of nitrogens with one attached hydrogen (secondary N) is 2. The van der Waals surface area contributed by atoms with Crippen molar-refractivity contribution in [1.82, 2.24) is 14.9 Å². The number of aryl methyl sites for hydroxylation is 1. The van der Waals surface area contributed by atoms with Gasteiger partial charge in [-0.1, -0.05) is 6.07 Å². The van der Waals surface area contributed by atoms with Crippen LogP contribution in [0.4, 0.5) is 22.1 Å². The Morgan fingerprint density at radius 1 is 1.24 bits per heavy atom. The molecule has 0 aliphatic carbocycles. The number of anilines is 3. The fourth-order valence-corrected chi connectivity index (χ4v) is 3.60. The van der Waals surface area contributed by atoms with Crippen LogP contribution in [-0.4, -0.2) is 58.7 Å². The Labute approximate surface area is 193 Å². The summed E-state index contributed by atoms with van der Waals surface area (Å²) in [6.45, 7) is 8.46. The van der Waals surface area contributed by atoms with E-state index in [1.165, 1.54) is 6.33 Å². The Kier molecular flexibility index (Phi) is 7.25. The van der Waals surface area contributed by atoms with E-state index in [4.69, 9.17) is 15.2 Å². The van der Waals surface area contributed by atoms with Gasteiger partial charge in [-0.3, -0.25) is 4.79 Å². The van der Waals surface area contributed by atoms with E-state index in [1.807, 2.05) is 33.8 Å². The van der Waals surface area contributed by atoms with Gasteiger partial charge in [0.25, 0.3) is 5.91 Å². The maximum absolute atomic E-state index is 13.1. The zero-order valence-electron chi connectivity index (χ0n) is 19.8. The van der Waals surface area contributed by atoms with Crippen LogP contribution in [0.3, 0.4) is 0 Å². The Bertz CT molecular complexity index is 1020. The second-order valence-corrected chi connectivity index (χ2v) is 9.03. The third kappa shape index (κ3) is 6.24. The minimum Gasteiger partial charge on any atom is -0.496 e. The number of carbonyl (C=O) groups excluding carboxylic acids is 2. The first-order valence-corrected chi connectivity index (χ1v) is 10.9. The van der Waals surface area contributed by atoms with Crippen molar-refractivity contribution >= 4 is 29.3 Å². The van der Waals surface area contributed by atoms with Crippen LogP contribution >= 0.6 is 0 Å². The van der Waals surface area contributed by atoms with E-state index >= 15 is 0 Å². The lowest BCUT2D eigenvalue weighted by atomic mass is 10.1. The Balaban J connectivity index is 1.75. The molecule has 1 aromatic carbocycles. The van der Waals surface area contributed by atoms with Gasteiger partial charge in [-0.25, -0.2) is 14.8 Å². The Morgan fingerprint density at radius 2 is 2.00 bits per heavy atom. The molecule has 1 atom stereocenters. The number of benzene rings is 1. The summed E-state index contributed by atoms with van der Waals surface area (Å²) < 4.78 is 10.8. The molecule has 33 heavy (non-hydrogen) atoms. The predicted molar refractivity (Wildman–Crippen MR) is 127 cm³/mol. The van der Waals surface area contributed by atoms with Gasteiger partial charge in [-0.15, -0.1) is 0 Å². The minimum absolute atomic E-state index is 0.0592. The van der Waals surface area contributed by atoms with Crippen LogP contribution in [0.2, 0.25) is 0 Å². The predicted octanol–water partition coefficient (Wildman–Crippen LogP) is 3.44. The Hall–Kier alpha value is -3.56. The van der Waals surface area contributed by atoms with E-state index in [9.17, 15) is 9.59 Å². The number of nitrogens with two attached hydrogens (primary N) is 1. The zero-order valence-corrected chi connectivity index (χ0v) is 19.8. The number of carbonyl (C=O) groups is 2. The van der Waals surface area contributed by atoms with E-state index in [2.05, 4.69) is 20.6 Å². The number of nitrogen functional groups attached to an aromatic ring is 1. The number of piperidine rings is 1. The summed E-state index contributed by atoms with van der Waals surface area (Å²) in [5, 5.41) is 6.10. The van der Waals surface area contributed by atoms with Gasteiger partial charge in [0.1, 0.15) is 34.9 Å². The molecule has 178 valence electrons. The molecule has 1 saturated heterocycles. The van der Waals surface area contributed by atoms with Crippen LogP contribution in [0.15, 0.2) is 24.5 Å². The quantitative estimate of drug-likeness (QED) is 0.623. The number of amides is 2. The second kappa shape index (κ2) is 9.93. The first kappa shape index (κ1) is 24.1. The SMILES string of the molecule is COc1cc(NC(=O)c2c(N)ncnc2N[C@@H]2CCCN(C(=O)OC(C)(C)C)C2)ccc1C. The first-order chi connectivity index (χ1) is 15.6. The van der Waals surface area contributed by atoms with Crippen LogP contribution in [0.25, 0.3) is 0 Å². The highest BCUT2D eigenvalue weighted by Gasteiger charge is 2.29. The summed E-state index contributed by atoms with van der Waals surface area (Å²) in [6.07, 6.45) is 2.54. The topological polar surface area (TPSA) is 132 Å². The molecule has 1 aliphatic heterocycles.